The molecule has 0 atom stereocenters. The Hall–Kier alpha value is -2.68. The molecule has 35 heavy (non-hydrogen) atoms. The van der Waals surface area contributed by atoms with Crippen LogP contribution >= 0.6 is 0 Å². The van der Waals surface area contributed by atoms with Gasteiger partial charge in [-0.25, -0.2) is 25.3 Å². The maximum atomic E-state index is 10.4. The van der Waals surface area contributed by atoms with Gasteiger partial charge in [0.25, 0.3) is 0 Å². The second-order valence-electron chi connectivity index (χ2n) is 6.80. The quantitative estimate of drug-likeness (QED) is 0.449. The van der Waals surface area contributed by atoms with Crippen LogP contribution < -0.4 is 0 Å². The van der Waals surface area contributed by atoms with Gasteiger partial charge in [-0.1, -0.05) is 53.1 Å². The van der Waals surface area contributed by atoms with E-state index in [-0.39, 0.29) is 14.7 Å². The molecule has 3 aromatic rings. The molecule has 0 spiro atoms. The molecule has 13 heteroatoms. The van der Waals surface area contributed by atoms with E-state index >= 15 is 0 Å². The van der Waals surface area contributed by atoms with Gasteiger partial charge in [0.2, 0.25) is 0 Å². The molecule has 0 heterocycles. The summed E-state index contributed by atoms with van der Waals surface area (Å²) in [5.41, 5.74) is 2.78. The summed E-state index contributed by atoms with van der Waals surface area (Å²) >= 11 is 0. The molecule has 9 nitrogen and oxygen atoms in total. The van der Waals surface area contributed by atoms with Gasteiger partial charge in [0.05, 0.1) is 14.7 Å². The van der Waals surface area contributed by atoms with Crippen molar-refractivity contribution in [3.8, 4) is 0 Å². The third-order valence-corrected chi connectivity index (χ3v) is 6.48. The van der Waals surface area contributed by atoms with E-state index in [0.717, 1.165) is 16.7 Å². The molecule has 188 valence electrons. The Kier molecular flexibility index (Phi) is 12.9. The average Bonchev–Trinajstić information content (AvgIpc) is 2.75. The van der Waals surface area contributed by atoms with Crippen molar-refractivity contribution >= 4 is 30.4 Å². The van der Waals surface area contributed by atoms with Gasteiger partial charge >= 0.3 is 11.6 Å². The summed E-state index contributed by atoms with van der Waals surface area (Å²) in [7, 11) is -8.56. The predicted molar refractivity (Wildman–Crippen MR) is 122 cm³/mol. The molecule has 0 unspecified atom stereocenters. The zero-order valence-electron chi connectivity index (χ0n) is 18.7. The third kappa shape index (κ3) is 13.1. The number of hydrogen-bond donors (Lipinski definition) is 0. The van der Waals surface area contributed by atoms with Gasteiger partial charge < -0.3 is 13.7 Å². The molecule has 0 aliphatic rings. The topological polar surface area (TPSA) is 172 Å². The van der Waals surface area contributed by atoms with Crippen LogP contribution in [0.15, 0.2) is 87.5 Å². The van der Waals surface area contributed by atoms with Crippen molar-refractivity contribution < 1.29 is 43.3 Å². The molecule has 0 saturated carbocycles. The first kappa shape index (κ1) is 32.3. The summed E-state index contributed by atoms with van der Waals surface area (Å²) in [6.07, 6.45) is 0. The van der Waals surface area contributed by atoms with Gasteiger partial charge in [-0.15, -0.1) is 0 Å². The molecule has 0 aliphatic carbocycles. The summed E-state index contributed by atoms with van der Waals surface area (Å²) < 4.78 is 102. The van der Waals surface area contributed by atoms with Crippen LogP contribution in [0.5, 0.6) is 0 Å². The predicted octanol–water partition coefficient (Wildman–Crippen LogP) is 3.20. The Labute approximate surface area is 205 Å². The first-order valence-electron chi connectivity index (χ1n) is 9.27. The molecule has 0 bridgehead atoms. The van der Waals surface area contributed by atoms with Crippen LogP contribution in [0.2, 0.25) is 0 Å². The first-order valence-corrected chi connectivity index (χ1v) is 13.5. The standard InChI is InChI=1S/3C7H8O3S.CF/c3*1-6-2-4-7(5-3-6)11(8,9)10;1-2/h3*2-5H,1H3,(H,8,9,10);/q;;;+3/p-3. The van der Waals surface area contributed by atoms with Gasteiger partial charge in [0, 0.05) is 0 Å². The third-order valence-electron chi connectivity index (χ3n) is 3.93. The number of aryl methyl sites for hydroxylation is 3. The summed E-state index contributed by atoms with van der Waals surface area (Å²) in [5, 5.41) is 0. The number of hydrogen-bond acceptors (Lipinski definition) is 9. The second-order valence-corrected chi connectivity index (χ2v) is 10.9. The zero-order chi connectivity index (χ0) is 27.4. The van der Waals surface area contributed by atoms with Gasteiger partial charge in [0.15, 0.2) is 0 Å². The van der Waals surface area contributed by atoms with E-state index in [2.05, 4.69) is 7.18 Å². The normalized spacial score (nSPS) is 11.0. The average molecular weight is 545 g/mol. The van der Waals surface area contributed by atoms with Crippen molar-refractivity contribution in [3.63, 3.8) is 0 Å². The van der Waals surface area contributed by atoms with Crippen molar-refractivity contribution in [1.29, 1.82) is 0 Å². The van der Waals surface area contributed by atoms with Crippen molar-refractivity contribution in [2.75, 3.05) is 0 Å². The molecule has 3 aromatic carbocycles. The Balaban J connectivity index is 0.000000478. The number of rotatable bonds is 3. The Morgan fingerprint density at radius 1 is 0.457 bits per heavy atom. The van der Waals surface area contributed by atoms with Gasteiger partial charge in [-0.2, -0.15) is 0 Å². The molecule has 3 rings (SSSR count). The molecule has 0 radical (unpaired) electrons. The van der Waals surface area contributed by atoms with E-state index in [0.29, 0.717) is 0 Å². The molecule has 0 amide bonds. The molecule has 0 aromatic heterocycles. The van der Waals surface area contributed by atoms with Crippen LogP contribution in [0.1, 0.15) is 16.7 Å². The summed E-state index contributed by atoms with van der Waals surface area (Å²) in [6, 6.07) is 17.3. The number of halogens is 1. The van der Waals surface area contributed by atoms with E-state index in [4.69, 9.17) is 4.39 Å². The van der Waals surface area contributed by atoms with Crippen LogP contribution in [-0.2, 0) is 30.4 Å². The van der Waals surface area contributed by atoms with E-state index < -0.39 is 30.4 Å². The monoisotopic (exact) mass is 544 g/mol. The van der Waals surface area contributed by atoms with E-state index in [9.17, 15) is 38.9 Å². The van der Waals surface area contributed by atoms with Crippen molar-refractivity contribution in [2.24, 2.45) is 0 Å². The van der Waals surface area contributed by atoms with Crippen LogP contribution in [0.3, 0.4) is 0 Å². The Morgan fingerprint density at radius 2 is 0.600 bits per heavy atom. The molecule has 0 fully saturated rings. The van der Waals surface area contributed by atoms with E-state index in [1.165, 1.54) is 36.4 Å². The molecule has 0 saturated heterocycles. The zero-order valence-corrected chi connectivity index (χ0v) is 21.2. The van der Waals surface area contributed by atoms with E-state index in [1.807, 2.05) is 20.8 Å². The van der Waals surface area contributed by atoms with Crippen molar-refractivity contribution in [2.45, 2.75) is 35.5 Å². The minimum absolute atomic E-state index is 0.178. The fraction of sp³-hybridized carbons (Fsp3) is 0.136. The molecular formula is C22H21FO9S3. The second kappa shape index (κ2) is 14.0. The van der Waals surface area contributed by atoms with Gasteiger partial charge in [-0.05, 0) is 57.2 Å². The van der Waals surface area contributed by atoms with Crippen molar-refractivity contribution in [1.82, 2.24) is 0 Å². The van der Waals surface area contributed by atoms with Crippen LogP contribution in [0.4, 0.5) is 4.39 Å². The summed E-state index contributed by atoms with van der Waals surface area (Å²) in [4.78, 5) is -0.533. The van der Waals surface area contributed by atoms with Crippen LogP contribution in [0, 0.1) is 27.9 Å². The Bertz CT molecular complexity index is 1190. The van der Waals surface area contributed by atoms with E-state index in [1.54, 1.807) is 36.4 Å². The minimum atomic E-state index is -4.27. The van der Waals surface area contributed by atoms with Crippen LogP contribution in [-0.4, -0.2) is 38.9 Å². The fourth-order valence-corrected chi connectivity index (χ4v) is 3.52. The van der Waals surface area contributed by atoms with Crippen LogP contribution in [0.25, 0.3) is 0 Å². The van der Waals surface area contributed by atoms with Gasteiger partial charge in [-0.3, -0.25) is 0 Å². The molecular weight excluding hydrogens is 523 g/mol. The Morgan fingerprint density at radius 3 is 0.714 bits per heavy atom. The molecule has 0 aliphatic heterocycles. The number of benzene rings is 3. The van der Waals surface area contributed by atoms with Crippen molar-refractivity contribution in [3.05, 3.63) is 96.7 Å². The van der Waals surface area contributed by atoms with Gasteiger partial charge in [0.1, 0.15) is 30.4 Å². The fourth-order valence-electron chi connectivity index (χ4n) is 2.11. The first-order chi connectivity index (χ1) is 16.0. The summed E-state index contributed by atoms with van der Waals surface area (Å²) in [5.74, 6) is 0. The molecule has 0 N–H and O–H groups in total. The SMILES string of the molecule is Cc1ccc(S(=O)(=O)[O-])cc1.Cc1ccc(S(=O)(=O)[O-])cc1.Cc1ccc(S(=O)(=O)[O-])cc1.[C+3]F. The summed E-state index contributed by atoms with van der Waals surface area (Å²) in [6.45, 7) is 5.46. The maximum absolute atomic E-state index is 10.4.